The molecule has 30 heavy (non-hydrogen) atoms. The third-order valence-corrected chi connectivity index (χ3v) is 5.04. The summed E-state index contributed by atoms with van der Waals surface area (Å²) < 4.78 is 6.58. The predicted octanol–water partition coefficient (Wildman–Crippen LogP) is 4.19. The summed E-state index contributed by atoms with van der Waals surface area (Å²) in [4.78, 5) is 31.4. The molecule has 0 saturated heterocycles. The number of nitrogens with zero attached hydrogens (tertiary/aromatic N) is 4. The highest BCUT2D eigenvalue weighted by Crippen LogP contribution is 2.25. The summed E-state index contributed by atoms with van der Waals surface area (Å²) in [5.41, 5.74) is 3.60. The quantitative estimate of drug-likeness (QED) is 0.572. The molecule has 0 atom stereocenters. The van der Waals surface area contributed by atoms with Crippen molar-refractivity contribution in [3.05, 3.63) is 58.9 Å². The Hall–Kier alpha value is -3.22. The van der Waals surface area contributed by atoms with E-state index >= 15 is 0 Å². The standard InChI is InChI=1S/C23H28N4O3/c1-14(2)20-11-18(19-12-24-27(15(3)4)21(19)25-20)22(28)26(5)13-16-7-9-17(10-8-16)23(29)30-6/h7-12,14-15H,13H2,1-6H3. The van der Waals surface area contributed by atoms with Crippen molar-refractivity contribution in [2.75, 3.05) is 14.2 Å². The van der Waals surface area contributed by atoms with Crippen molar-refractivity contribution in [1.29, 1.82) is 0 Å². The molecule has 0 aliphatic rings. The van der Waals surface area contributed by atoms with Gasteiger partial charge in [-0.25, -0.2) is 14.5 Å². The highest BCUT2D eigenvalue weighted by Gasteiger charge is 2.21. The Morgan fingerprint density at radius 3 is 2.37 bits per heavy atom. The first-order valence-electron chi connectivity index (χ1n) is 10.0. The van der Waals surface area contributed by atoms with E-state index in [9.17, 15) is 9.59 Å². The molecule has 0 bridgehead atoms. The van der Waals surface area contributed by atoms with Crippen LogP contribution in [-0.4, -0.2) is 45.7 Å². The van der Waals surface area contributed by atoms with Gasteiger partial charge in [0.25, 0.3) is 5.91 Å². The first-order valence-corrected chi connectivity index (χ1v) is 10.0. The number of rotatable bonds is 6. The maximum atomic E-state index is 13.3. The summed E-state index contributed by atoms with van der Waals surface area (Å²) in [7, 11) is 3.12. The molecule has 3 rings (SSSR count). The summed E-state index contributed by atoms with van der Waals surface area (Å²) in [6, 6.07) is 9.08. The molecule has 2 heterocycles. The van der Waals surface area contributed by atoms with Crippen molar-refractivity contribution in [1.82, 2.24) is 19.7 Å². The van der Waals surface area contributed by atoms with Gasteiger partial charge in [-0.1, -0.05) is 26.0 Å². The minimum atomic E-state index is -0.381. The summed E-state index contributed by atoms with van der Waals surface area (Å²) in [5.74, 6) is -0.286. The predicted molar refractivity (Wildman–Crippen MR) is 116 cm³/mol. The molecule has 1 amide bonds. The van der Waals surface area contributed by atoms with Crippen LogP contribution in [-0.2, 0) is 11.3 Å². The largest absolute Gasteiger partial charge is 0.465 e. The van der Waals surface area contributed by atoms with E-state index < -0.39 is 0 Å². The highest BCUT2D eigenvalue weighted by atomic mass is 16.5. The molecule has 7 nitrogen and oxygen atoms in total. The van der Waals surface area contributed by atoms with E-state index in [-0.39, 0.29) is 23.8 Å². The van der Waals surface area contributed by atoms with Crippen molar-refractivity contribution >= 4 is 22.9 Å². The van der Waals surface area contributed by atoms with E-state index in [1.165, 1.54) is 7.11 Å². The van der Waals surface area contributed by atoms with Gasteiger partial charge in [-0.15, -0.1) is 0 Å². The second-order valence-electron chi connectivity index (χ2n) is 8.02. The maximum absolute atomic E-state index is 13.3. The van der Waals surface area contributed by atoms with Crippen LogP contribution in [0.15, 0.2) is 36.5 Å². The van der Waals surface area contributed by atoms with Crippen molar-refractivity contribution in [2.24, 2.45) is 0 Å². The van der Waals surface area contributed by atoms with Crippen molar-refractivity contribution < 1.29 is 14.3 Å². The molecule has 0 saturated carbocycles. The third-order valence-electron chi connectivity index (χ3n) is 5.04. The van der Waals surface area contributed by atoms with Crippen LogP contribution in [0.3, 0.4) is 0 Å². The Morgan fingerprint density at radius 2 is 1.80 bits per heavy atom. The van der Waals surface area contributed by atoms with Crippen LogP contribution in [0, 0.1) is 0 Å². The number of aromatic nitrogens is 3. The fourth-order valence-corrected chi connectivity index (χ4v) is 3.30. The highest BCUT2D eigenvalue weighted by molar-refractivity contribution is 6.05. The normalized spacial score (nSPS) is 11.3. The van der Waals surface area contributed by atoms with Crippen molar-refractivity contribution in [3.63, 3.8) is 0 Å². The Kier molecular flexibility index (Phi) is 6.20. The minimum absolute atomic E-state index is 0.0929. The molecule has 158 valence electrons. The second-order valence-corrected chi connectivity index (χ2v) is 8.02. The monoisotopic (exact) mass is 408 g/mol. The number of carbonyl (C=O) groups excluding carboxylic acids is 2. The lowest BCUT2D eigenvalue weighted by Gasteiger charge is -2.19. The van der Waals surface area contributed by atoms with Gasteiger partial charge < -0.3 is 9.64 Å². The number of amides is 1. The van der Waals surface area contributed by atoms with E-state index in [4.69, 9.17) is 9.72 Å². The molecule has 0 spiro atoms. The molecule has 0 aliphatic heterocycles. The molecule has 0 radical (unpaired) electrons. The molecule has 0 aliphatic carbocycles. The van der Waals surface area contributed by atoms with Crippen LogP contribution >= 0.6 is 0 Å². The van der Waals surface area contributed by atoms with Gasteiger partial charge >= 0.3 is 5.97 Å². The van der Waals surface area contributed by atoms with Gasteiger partial charge in [0, 0.05) is 25.3 Å². The number of carbonyl (C=O) groups is 2. The number of hydrogen-bond acceptors (Lipinski definition) is 5. The lowest BCUT2D eigenvalue weighted by molar-refractivity contribution is 0.0600. The van der Waals surface area contributed by atoms with E-state index in [1.807, 2.05) is 36.7 Å². The lowest BCUT2D eigenvalue weighted by atomic mass is 10.0. The zero-order valence-electron chi connectivity index (χ0n) is 18.3. The summed E-state index contributed by atoms with van der Waals surface area (Å²) in [6.07, 6.45) is 1.72. The first kappa shape index (κ1) is 21.5. The van der Waals surface area contributed by atoms with Gasteiger partial charge in [-0.3, -0.25) is 4.79 Å². The fraction of sp³-hybridized carbons (Fsp3) is 0.391. The summed E-state index contributed by atoms with van der Waals surface area (Å²) in [5, 5.41) is 5.21. The molecular weight excluding hydrogens is 380 g/mol. The molecule has 0 N–H and O–H groups in total. The Balaban J connectivity index is 1.92. The zero-order chi connectivity index (χ0) is 22.0. The third kappa shape index (κ3) is 4.20. The minimum Gasteiger partial charge on any atom is -0.465 e. The molecular formula is C23H28N4O3. The number of hydrogen-bond donors (Lipinski definition) is 0. The number of fused-ring (bicyclic) bond motifs is 1. The van der Waals surface area contributed by atoms with Crippen LogP contribution < -0.4 is 0 Å². The fourth-order valence-electron chi connectivity index (χ4n) is 3.30. The van der Waals surface area contributed by atoms with Gasteiger partial charge in [-0.2, -0.15) is 5.10 Å². The van der Waals surface area contributed by atoms with Gasteiger partial charge in [-0.05, 0) is 43.5 Å². The Bertz CT molecular complexity index is 1070. The van der Waals surface area contributed by atoms with Crippen molar-refractivity contribution in [3.8, 4) is 0 Å². The van der Waals surface area contributed by atoms with Gasteiger partial charge in [0.05, 0.1) is 29.8 Å². The molecule has 1 aromatic carbocycles. The van der Waals surface area contributed by atoms with Crippen LogP contribution in [0.2, 0.25) is 0 Å². The second kappa shape index (κ2) is 8.65. The molecule has 7 heteroatoms. The average molecular weight is 409 g/mol. The molecule has 3 aromatic rings. The van der Waals surface area contributed by atoms with Crippen LogP contribution in [0.4, 0.5) is 0 Å². The maximum Gasteiger partial charge on any atom is 0.337 e. The van der Waals surface area contributed by atoms with E-state index in [2.05, 4.69) is 18.9 Å². The lowest BCUT2D eigenvalue weighted by Crippen LogP contribution is -2.26. The molecule has 0 fully saturated rings. The smallest absolute Gasteiger partial charge is 0.337 e. The number of pyridine rings is 1. The van der Waals surface area contributed by atoms with E-state index in [0.717, 1.165) is 22.3 Å². The summed E-state index contributed by atoms with van der Waals surface area (Å²) in [6.45, 7) is 8.62. The Labute approximate surface area is 176 Å². The number of benzene rings is 1. The average Bonchev–Trinajstić information content (AvgIpc) is 3.16. The van der Waals surface area contributed by atoms with Crippen LogP contribution in [0.1, 0.15) is 71.6 Å². The number of methoxy groups -OCH3 is 1. The van der Waals surface area contributed by atoms with E-state index in [1.54, 1.807) is 30.3 Å². The zero-order valence-corrected chi connectivity index (χ0v) is 18.3. The SMILES string of the molecule is COC(=O)c1ccc(CN(C)C(=O)c2cc(C(C)C)nc3c2cnn3C(C)C)cc1. The topological polar surface area (TPSA) is 77.3 Å². The first-order chi connectivity index (χ1) is 14.2. The molecule has 2 aromatic heterocycles. The Morgan fingerprint density at radius 1 is 1.13 bits per heavy atom. The van der Waals surface area contributed by atoms with Gasteiger partial charge in [0.15, 0.2) is 5.65 Å². The summed E-state index contributed by atoms with van der Waals surface area (Å²) >= 11 is 0. The van der Waals surface area contributed by atoms with Crippen LogP contribution in [0.25, 0.3) is 11.0 Å². The number of esters is 1. The van der Waals surface area contributed by atoms with E-state index in [0.29, 0.717) is 17.7 Å². The number of ether oxygens (including phenoxy) is 1. The van der Waals surface area contributed by atoms with Gasteiger partial charge in [0.1, 0.15) is 0 Å². The molecule has 0 unspecified atom stereocenters. The van der Waals surface area contributed by atoms with Crippen LogP contribution in [0.5, 0.6) is 0 Å². The van der Waals surface area contributed by atoms with Gasteiger partial charge in [0.2, 0.25) is 0 Å². The van der Waals surface area contributed by atoms with Crippen molar-refractivity contribution in [2.45, 2.75) is 46.2 Å².